The van der Waals surface area contributed by atoms with E-state index in [1.165, 1.54) is 22.0 Å². The number of benzene rings is 1. The van der Waals surface area contributed by atoms with Crippen molar-refractivity contribution < 1.29 is 9.53 Å². The predicted octanol–water partition coefficient (Wildman–Crippen LogP) is 4.69. The number of amides is 1. The molecule has 1 aromatic carbocycles. The molecule has 0 fully saturated rings. The van der Waals surface area contributed by atoms with E-state index >= 15 is 0 Å². The summed E-state index contributed by atoms with van der Waals surface area (Å²) in [6.45, 7) is 6.69. The number of hydrogen-bond acceptors (Lipinski definition) is 7. The van der Waals surface area contributed by atoms with E-state index in [-0.39, 0.29) is 11.5 Å². The number of thiazole rings is 2. The minimum Gasteiger partial charge on any atom is -0.487 e. The molecule has 4 aromatic rings. The Bertz CT molecular complexity index is 1310. The molecule has 1 amide bonds. The first-order valence-corrected chi connectivity index (χ1v) is 12.2. The van der Waals surface area contributed by atoms with Gasteiger partial charge in [0.2, 0.25) is 0 Å². The van der Waals surface area contributed by atoms with Gasteiger partial charge < -0.3 is 10.1 Å². The highest BCUT2D eigenvalue weighted by atomic mass is 32.1. The number of nitrogens with one attached hydrogen (secondary N) is 1. The molecule has 0 unspecified atom stereocenters. The fourth-order valence-corrected chi connectivity index (χ4v) is 4.87. The molecule has 0 bridgehead atoms. The van der Waals surface area contributed by atoms with Crippen molar-refractivity contribution in [2.24, 2.45) is 0 Å². The summed E-state index contributed by atoms with van der Waals surface area (Å²) >= 11 is 2.79. The molecular formula is C24H24N4O3S2. The topological polar surface area (TPSA) is 86.1 Å². The number of nitrogens with zero attached hydrogens (tertiary/aromatic N) is 3. The molecule has 33 heavy (non-hydrogen) atoms. The molecule has 0 radical (unpaired) electrons. The van der Waals surface area contributed by atoms with E-state index in [0.717, 1.165) is 16.3 Å². The van der Waals surface area contributed by atoms with Crippen LogP contribution < -0.4 is 15.6 Å². The van der Waals surface area contributed by atoms with Gasteiger partial charge in [-0.3, -0.25) is 14.2 Å². The molecular weight excluding hydrogens is 456 g/mol. The lowest BCUT2D eigenvalue weighted by Gasteiger charge is -2.06. The van der Waals surface area contributed by atoms with Crippen molar-refractivity contribution in [2.75, 3.05) is 0 Å². The zero-order valence-corrected chi connectivity index (χ0v) is 20.2. The Morgan fingerprint density at radius 1 is 1.18 bits per heavy atom. The molecule has 1 N–H and O–H groups in total. The SMILES string of the molecule is Cc1nc(-n2ccc(OCc3csc(C(C)C)n3)cc2=O)sc1C(=O)NCc1ccccc1. The zero-order chi connectivity index (χ0) is 23.4. The van der Waals surface area contributed by atoms with Gasteiger partial charge in [0.15, 0.2) is 5.13 Å². The second-order valence-electron chi connectivity index (χ2n) is 7.77. The number of aromatic nitrogens is 3. The van der Waals surface area contributed by atoms with Gasteiger partial charge in [0, 0.05) is 30.1 Å². The van der Waals surface area contributed by atoms with Crippen LogP contribution >= 0.6 is 22.7 Å². The molecule has 170 valence electrons. The molecule has 0 atom stereocenters. The Morgan fingerprint density at radius 3 is 2.67 bits per heavy atom. The second-order valence-corrected chi connectivity index (χ2v) is 9.64. The minimum absolute atomic E-state index is 0.211. The van der Waals surface area contributed by atoms with Gasteiger partial charge >= 0.3 is 0 Å². The van der Waals surface area contributed by atoms with Gasteiger partial charge in [-0.1, -0.05) is 55.5 Å². The fraction of sp³-hybridized carbons (Fsp3) is 0.250. The van der Waals surface area contributed by atoms with Gasteiger partial charge in [-0.2, -0.15) is 0 Å². The Hall–Kier alpha value is -3.30. The van der Waals surface area contributed by atoms with Crippen LogP contribution in [-0.4, -0.2) is 20.4 Å². The molecule has 3 aromatic heterocycles. The van der Waals surface area contributed by atoms with E-state index in [9.17, 15) is 9.59 Å². The van der Waals surface area contributed by atoms with E-state index in [1.807, 2.05) is 35.7 Å². The maximum Gasteiger partial charge on any atom is 0.263 e. The van der Waals surface area contributed by atoms with Gasteiger partial charge in [0.1, 0.15) is 17.2 Å². The molecule has 0 aliphatic carbocycles. The Balaban J connectivity index is 1.43. The summed E-state index contributed by atoms with van der Waals surface area (Å²) in [6.07, 6.45) is 1.61. The van der Waals surface area contributed by atoms with Crippen molar-refractivity contribution in [1.82, 2.24) is 19.9 Å². The quantitative estimate of drug-likeness (QED) is 0.395. The van der Waals surface area contributed by atoms with Crippen LogP contribution in [0.2, 0.25) is 0 Å². The van der Waals surface area contributed by atoms with Crippen molar-refractivity contribution in [3.63, 3.8) is 0 Å². The standard InChI is InChI=1S/C24H24N4O3S2/c1-15(2)23-27-18(14-32-23)13-31-19-9-10-28(20(29)11-19)24-26-16(3)21(33-24)22(30)25-12-17-7-5-4-6-8-17/h4-11,14-15H,12-13H2,1-3H3,(H,25,30). The molecule has 0 aliphatic rings. The first-order chi connectivity index (χ1) is 15.9. The number of pyridine rings is 1. The Labute approximate surface area is 199 Å². The van der Waals surface area contributed by atoms with Crippen LogP contribution in [0.4, 0.5) is 0 Å². The number of carbonyl (C=O) groups excluding carboxylic acids is 1. The third-order valence-corrected chi connectivity index (χ3v) is 7.18. The summed E-state index contributed by atoms with van der Waals surface area (Å²) in [7, 11) is 0. The van der Waals surface area contributed by atoms with Crippen LogP contribution in [0.1, 0.15) is 51.4 Å². The monoisotopic (exact) mass is 480 g/mol. The third-order valence-electron chi connectivity index (χ3n) is 4.83. The molecule has 0 spiro atoms. The summed E-state index contributed by atoms with van der Waals surface area (Å²) < 4.78 is 7.16. The average Bonchev–Trinajstić information content (AvgIpc) is 3.44. The number of rotatable bonds is 8. The van der Waals surface area contributed by atoms with Crippen LogP contribution in [0, 0.1) is 6.92 Å². The molecule has 0 saturated heterocycles. The van der Waals surface area contributed by atoms with Gasteiger partial charge in [-0.05, 0) is 18.6 Å². The molecule has 4 rings (SSSR count). The van der Waals surface area contributed by atoms with Crippen LogP contribution in [0.3, 0.4) is 0 Å². The molecule has 3 heterocycles. The maximum atomic E-state index is 12.7. The van der Waals surface area contributed by atoms with Crippen molar-refractivity contribution in [1.29, 1.82) is 0 Å². The van der Waals surface area contributed by atoms with Crippen molar-refractivity contribution in [3.8, 4) is 10.9 Å². The number of carbonyl (C=O) groups is 1. The van der Waals surface area contributed by atoms with Crippen molar-refractivity contribution in [3.05, 3.63) is 91.2 Å². The second kappa shape index (κ2) is 10.1. The highest BCUT2D eigenvalue weighted by Gasteiger charge is 2.17. The highest BCUT2D eigenvalue weighted by Crippen LogP contribution is 2.22. The largest absolute Gasteiger partial charge is 0.487 e. The molecule has 0 aliphatic heterocycles. The summed E-state index contributed by atoms with van der Waals surface area (Å²) in [6, 6.07) is 12.8. The number of hydrogen-bond donors (Lipinski definition) is 1. The van der Waals surface area contributed by atoms with Crippen LogP contribution in [0.25, 0.3) is 5.13 Å². The fourth-order valence-electron chi connectivity index (χ4n) is 3.07. The van der Waals surface area contributed by atoms with Gasteiger partial charge in [-0.15, -0.1) is 11.3 Å². The van der Waals surface area contributed by atoms with E-state index in [0.29, 0.717) is 40.5 Å². The molecule has 9 heteroatoms. The summed E-state index contributed by atoms with van der Waals surface area (Å²) in [4.78, 5) is 34.8. The van der Waals surface area contributed by atoms with E-state index in [1.54, 1.807) is 30.5 Å². The zero-order valence-electron chi connectivity index (χ0n) is 18.6. The highest BCUT2D eigenvalue weighted by molar-refractivity contribution is 7.16. The average molecular weight is 481 g/mol. The summed E-state index contributed by atoms with van der Waals surface area (Å²) in [5.74, 6) is 0.626. The van der Waals surface area contributed by atoms with Gasteiger partial charge in [0.25, 0.3) is 11.5 Å². The lowest BCUT2D eigenvalue weighted by molar-refractivity contribution is 0.0954. The van der Waals surface area contributed by atoms with Crippen molar-refractivity contribution >= 4 is 28.6 Å². The minimum atomic E-state index is -0.279. The van der Waals surface area contributed by atoms with E-state index < -0.39 is 0 Å². The lowest BCUT2D eigenvalue weighted by Crippen LogP contribution is -2.22. The Morgan fingerprint density at radius 2 is 1.97 bits per heavy atom. The normalized spacial score (nSPS) is 11.0. The van der Waals surface area contributed by atoms with Crippen LogP contribution in [0.5, 0.6) is 5.75 Å². The number of aryl methyl sites for hydroxylation is 1. The van der Waals surface area contributed by atoms with Gasteiger partial charge in [-0.25, -0.2) is 9.97 Å². The number of ether oxygens (including phenoxy) is 1. The molecule has 0 saturated carbocycles. The first kappa shape index (κ1) is 22.9. The predicted molar refractivity (Wildman–Crippen MR) is 131 cm³/mol. The molecule has 7 nitrogen and oxygen atoms in total. The van der Waals surface area contributed by atoms with E-state index in [2.05, 4.69) is 29.1 Å². The summed E-state index contributed by atoms with van der Waals surface area (Å²) in [5, 5.41) is 6.38. The van der Waals surface area contributed by atoms with E-state index in [4.69, 9.17) is 4.74 Å². The lowest BCUT2D eigenvalue weighted by atomic mass is 10.2. The Kier molecular flexibility index (Phi) is 7.00. The van der Waals surface area contributed by atoms with Crippen LogP contribution in [-0.2, 0) is 13.2 Å². The van der Waals surface area contributed by atoms with Gasteiger partial charge in [0.05, 0.1) is 16.4 Å². The first-order valence-electron chi connectivity index (χ1n) is 10.5. The summed E-state index contributed by atoms with van der Waals surface area (Å²) in [5.41, 5.74) is 2.16. The maximum absolute atomic E-state index is 12.7. The van der Waals surface area contributed by atoms with Crippen LogP contribution in [0.15, 0.2) is 58.8 Å². The van der Waals surface area contributed by atoms with Crippen molar-refractivity contribution in [2.45, 2.75) is 39.8 Å². The third kappa shape index (κ3) is 5.55. The smallest absolute Gasteiger partial charge is 0.263 e.